The van der Waals surface area contributed by atoms with Crippen molar-refractivity contribution >= 4 is 31.5 Å². The van der Waals surface area contributed by atoms with E-state index in [1.165, 1.54) is 17.9 Å². The molecule has 13 heteroatoms. The lowest BCUT2D eigenvalue weighted by atomic mass is 10.2. The van der Waals surface area contributed by atoms with Gasteiger partial charge in [0.2, 0.25) is 15.0 Å². The molecule has 2 aliphatic rings. The summed E-state index contributed by atoms with van der Waals surface area (Å²) in [6, 6.07) is 5.02. The van der Waals surface area contributed by atoms with Gasteiger partial charge in [0.15, 0.2) is 5.69 Å². The Labute approximate surface area is 181 Å². The minimum Gasteiger partial charge on any atom is -0.335 e. The van der Waals surface area contributed by atoms with E-state index in [-0.39, 0.29) is 37.0 Å². The van der Waals surface area contributed by atoms with Gasteiger partial charge in [0.25, 0.3) is 16.1 Å². The van der Waals surface area contributed by atoms with E-state index in [4.69, 9.17) is 0 Å². The Bertz CT molecular complexity index is 1190. The first-order chi connectivity index (χ1) is 14.6. The number of aromatic nitrogens is 2. The number of pyridine rings is 1. The lowest BCUT2D eigenvalue weighted by Gasteiger charge is -2.38. The van der Waals surface area contributed by atoms with Crippen molar-refractivity contribution in [2.45, 2.75) is 5.16 Å². The monoisotopic (exact) mass is 470 g/mol. The Morgan fingerprint density at radius 3 is 2.06 bits per heavy atom. The standard InChI is InChI=1S/C18H26N6O5S2/c1-20-7-11-22(12-8-20)31(28,29)23-13-9-21(10-14-23)17(25)16-15-5-3-4-6-24(15)18(19-16)30(2,26)27/h3-6H,7-14H2,1-2H3. The number of likely N-dealkylation sites (N-methyl/N-ethyl adjacent to an activating group) is 1. The summed E-state index contributed by atoms with van der Waals surface area (Å²) in [7, 11) is -5.24. The predicted octanol–water partition coefficient (Wildman–Crippen LogP) is -1.01. The van der Waals surface area contributed by atoms with Crippen molar-refractivity contribution in [2.24, 2.45) is 0 Å². The molecule has 1 amide bonds. The number of carbonyl (C=O) groups is 1. The van der Waals surface area contributed by atoms with Crippen molar-refractivity contribution in [3.05, 3.63) is 30.1 Å². The summed E-state index contributed by atoms with van der Waals surface area (Å²) in [4.78, 5) is 20.9. The van der Waals surface area contributed by atoms with Crippen molar-refractivity contribution in [1.29, 1.82) is 0 Å². The molecule has 2 aromatic heterocycles. The lowest BCUT2D eigenvalue weighted by Crippen LogP contribution is -2.57. The van der Waals surface area contributed by atoms with Gasteiger partial charge in [-0.3, -0.25) is 9.20 Å². The highest BCUT2D eigenvalue weighted by Crippen LogP contribution is 2.20. The van der Waals surface area contributed by atoms with Gasteiger partial charge < -0.3 is 9.80 Å². The molecule has 2 aromatic rings. The molecule has 0 saturated carbocycles. The molecule has 0 spiro atoms. The predicted molar refractivity (Wildman–Crippen MR) is 114 cm³/mol. The highest BCUT2D eigenvalue weighted by atomic mass is 32.2. The molecule has 0 atom stereocenters. The number of nitrogens with zero attached hydrogens (tertiary/aromatic N) is 6. The number of imidazole rings is 1. The fourth-order valence-corrected chi connectivity index (χ4v) is 6.23. The molecule has 11 nitrogen and oxygen atoms in total. The van der Waals surface area contributed by atoms with Crippen LogP contribution in [-0.2, 0) is 20.0 Å². The molecule has 0 radical (unpaired) electrons. The third kappa shape index (κ3) is 4.20. The number of hydrogen-bond acceptors (Lipinski definition) is 7. The van der Waals surface area contributed by atoms with Crippen molar-refractivity contribution in [2.75, 3.05) is 65.7 Å². The summed E-state index contributed by atoms with van der Waals surface area (Å²) in [6.45, 7) is 3.08. The molecule has 4 heterocycles. The fourth-order valence-electron chi connectivity index (χ4n) is 3.88. The van der Waals surface area contributed by atoms with Crippen LogP contribution in [0.25, 0.3) is 5.52 Å². The highest BCUT2D eigenvalue weighted by Gasteiger charge is 2.35. The van der Waals surface area contributed by atoms with E-state index >= 15 is 0 Å². The molecule has 2 aliphatic heterocycles. The van der Waals surface area contributed by atoms with Crippen LogP contribution in [0.3, 0.4) is 0 Å². The van der Waals surface area contributed by atoms with Gasteiger partial charge in [-0.2, -0.15) is 17.0 Å². The van der Waals surface area contributed by atoms with Crippen molar-refractivity contribution in [3.63, 3.8) is 0 Å². The van der Waals surface area contributed by atoms with E-state index in [2.05, 4.69) is 9.88 Å². The van der Waals surface area contributed by atoms with Gasteiger partial charge in [-0.25, -0.2) is 13.4 Å². The van der Waals surface area contributed by atoms with Gasteiger partial charge in [-0.1, -0.05) is 6.07 Å². The van der Waals surface area contributed by atoms with E-state index in [1.54, 1.807) is 24.4 Å². The Morgan fingerprint density at radius 2 is 1.48 bits per heavy atom. The smallest absolute Gasteiger partial charge is 0.282 e. The molecule has 0 bridgehead atoms. The van der Waals surface area contributed by atoms with Crippen LogP contribution in [0.1, 0.15) is 10.5 Å². The van der Waals surface area contributed by atoms with Crippen LogP contribution in [0.5, 0.6) is 0 Å². The third-order valence-corrected chi connectivity index (χ3v) is 8.68. The molecule has 2 fully saturated rings. The Hall–Kier alpha value is -2.06. The molecule has 4 rings (SSSR count). The summed E-state index contributed by atoms with van der Waals surface area (Å²) in [5.74, 6) is -0.407. The summed E-state index contributed by atoms with van der Waals surface area (Å²) >= 11 is 0. The number of rotatable bonds is 4. The van der Waals surface area contributed by atoms with Crippen LogP contribution in [-0.4, -0.2) is 116 Å². The highest BCUT2D eigenvalue weighted by molar-refractivity contribution is 7.90. The average Bonchev–Trinajstić information content (AvgIpc) is 3.14. The number of fused-ring (bicyclic) bond motifs is 1. The zero-order valence-corrected chi connectivity index (χ0v) is 19.1. The second-order valence-electron chi connectivity index (χ2n) is 7.87. The molecule has 0 unspecified atom stereocenters. The second-order valence-corrected chi connectivity index (χ2v) is 11.7. The van der Waals surface area contributed by atoms with Crippen molar-refractivity contribution < 1.29 is 21.6 Å². The van der Waals surface area contributed by atoms with Gasteiger partial charge in [-0.15, -0.1) is 0 Å². The Kier molecular flexibility index (Phi) is 5.81. The van der Waals surface area contributed by atoms with Crippen molar-refractivity contribution in [3.8, 4) is 0 Å². The SMILES string of the molecule is CN1CCN(S(=O)(=O)N2CCN(C(=O)c3nc(S(C)(=O)=O)n4ccccc34)CC2)CC1. The van der Waals surface area contributed by atoms with Crippen LogP contribution >= 0.6 is 0 Å². The second kappa shape index (κ2) is 8.13. The maximum Gasteiger partial charge on any atom is 0.282 e. The van der Waals surface area contributed by atoms with Gasteiger partial charge in [-0.05, 0) is 19.2 Å². The fraction of sp³-hybridized carbons (Fsp3) is 0.556. The Balaban J connectivity index is 1.50. The molecule has 0 N–H and O–H groups in total. The van der Waals surface area contributed by atoms with Gasteiger partial charge in [0.1, 0.15) is 0 Å². The summed E-state index contributed by atoms with van der Waals surface area (Å²) in [6.07, 6.45) is 2.60. The summed E-state index contributed by atoms with van der Waals surface area (Å²) in [5.41, 5.74) is 0.455. The normalized spacial score (nSPS) is 20.4. The first-order valence-corrected chi connectivity index (χ1v) is 13.3. The van der Waals surface area contributed by atoms with Gasteiger partial charge >= 0.3 is 0 Å². The number of sulfone groups is 1. The van der Waals surface area contributed by atoms with E-state index < -0.39 is 26.0 Å². The molecular formula is C18H26N6O5S2. The van der Waals surface area contributed by atoms with E-state index in [1.807, 2.05) is 7.05 Å². The molecule has 2 saturated heterocycles. The third-order valence-electron chi connectivity index (χ3n) is 5.69. The maximum atomic E-state index is 13.1. The molecular weight excluding hydrogens is 444 g/mol. The summed E-state index contributed by atoms with van der Waals surface area (Å²) in [5, 5.41) is -0.192. The molecule has 0 aliphatic carbocycles. The van der Waals surface area contributed by atoms with Crippen LogP contribution in [0, 0.1) is 0 Å². The lowest BCUT2D eigenvalue weighted by molar-refractivity contribution is 0.0688. The first kappa shape index (κ1) is 22.1. The minimum absolute atomic E-state index is 0.0522. The number of hydrogen-bond donors (Lipinski definition) is 0. The largest absolute Gasteiger partial charge is 0.335 e. The first-order valence-electron chi connectivity index (χ1n) is 9.99. The van der Waals surface area contributed by atoms with Crippen molar-refractivity contribution in [1.82, 2.24) is 27.8 Å². The maximum absolute atomic E-state index is 13.1. The zero-order valence-electron chi connectivity index (χ0n) is 17.5. The Morgan fingerprint density at radius 1 is 0.903 bits per heavy atom. The van der Waals surface area contributed by atoms with Crippen LogP contribution in [0.15, 0.2) is 29.6 Å². The molecule has 170 valence electrons. The minimum atomic E-state index is -3.63. The van der Waals surface area contributed by atoms with Crippen LogP contribution in [0.2, 0.25) is 0 Å². The number of carbonyl (C=O) groups excluding carboxylic acids is 1. The molecule has 0 aromatic carbocycles. The molecule has 31 heavy (non-hydrogen) atoms. The van der Waals surface area contributed by atoms with Gasteiger partial charge in [0.05, 0.1) is 5.52 Å². The van der Waals surface area contributed by atoms with E-state index in [0.29, 0.717) is 31.7 Å². The van der Waals surface area contributed by atoms with Crippen LogP contribution < -0.4 is 0 Å². The van der Waals surface area contributed by atoms with Crippen LogP contribution in [0.4, 0.5) is 0 Å². The van der Waals surface area contributed by atoms with Gasteiger partial charge in [0, 0.05) is 64.8 Å². The average molecular weight is 471 g/mol. The number of piperazine rings is 2. The quantitative estimate of drug-likeness (QED) is 0.562. The topological polar surface area (TPSA) is 116 Å². The van der Waals surface area contributed by atoms with E-state index in [0.717, 1.165) is 6.26 Å². The summed E-state index contributed by atoms with van der Waals surface area (Å²) < 4.78 is 54.3. The number of amides is 1. The van der Waals surface area contributed by atoms with E-state index in [9.17, 15) is 21.6 Å². The zero-order chi connectivity index (χ0) is 22.4.